The van der Waals surface area contributed by atoms with E-state index in [1.54, 1.807) is 0 Å². The van der Waals surface area contributed by atoms with E-state index in [0.717, 1.165) is 22.5 Å². The van der Waals surface area contributed by atoms with Crippen molar-refractivity contribution in [3.05, 3.63) is 71.4 Å². The van der Waals surface area contributed by atoms with Gasteiger partial charge in [-0.05, 0) is 31.0 Å². The summed E-state index contributed by atoms with van der Waals surface area (Å²) in [5.74, 6) is 0. The molecule has 2 N–H and O–H groups in total. The average Bonchev–Trinajstić information content (AvgIpc) is 2.94. The number of nitrogens with zero attached hydrogens (tertiary/aromatic N) is 2. The van der Waals surface area contributed by atoms with Gasteiger partial charge in [0.15, 0.2) is 0 Å². The molecule has 2 aromatic carbocycles. The van der Waals surface area contributed by atoms with Crippen molar-refractivity contribution in [2.45, 2.75) is 20.4 Å². The van der Waals surface area contributed by atoms with E-state index in [1.807, 2.05) is 29.1 Å². The van der Waals surface area contributed by atoms with Gasteiger partial charge < -0.3 is 5.73 Å². The Hall–Kier alpha value is -2.39. The Morgan fingerprint density at radius 2 is 1.81 bits per heavy atom. The number of rotatable bonds is 3. The molecule has 0 aliphatic heterocycles. The van der Waals surface area contributed by atoms with Crippen molar-refractivity contribution in [2.75, 3.05) is 0 Å². The van der Waals surface area contributed by atoms with Crippen molar-refractivity contribution < 1.29 is 0 Å². The Morgan fingerprint density at radius 3 is 2.52 bits per heavy atom. The molecular formula is C18H19N3. The second-order valence-corrected chi connectivity index (χ2v) is 5.29. The van der Waals surface area contributed by atoms with Crippen LogP contribution in [-0.2, 0) is 6.54 Å². The highest BCUT2D eigenvalue weighted by Gasteiger charge is 2.14. The smallest absolute Gasteiger partial charge is 0.0785 e. The summed E-state index contributed by atoms with van der Waals surface area (Å²) >= 11 is 0. The van der Waals surface area contributed by atoms with Gasteiger partial charge in [0, 0.05) is 17.7 Å². The molecule has 0 saturated carbocycles. The first-order valence-corrected chi connectivity index (χ1v) is 7.10. The lowest BCUT2D eigenvalue weighted by Gasteiger charge is -2.12. The minimum atomic E-state index is 0.481. The molecule has 1 heterocycles. The third kappa shape index (κ3) is 2.48. The highest BCUT2D eigenvalue weighted by Crippen LogP contribution is 2.28. The fraction of sp³-hybridized carbons (Fsp3) is 0.167. The number of benzene rings is 2. The fourth-order valence-corrected chi connectivity index (χ4v) is 2.57. The van der Waals surface area contributed by atoms with Crippen molar-refractivity contribution >= 4 is 0 Å². The third-order valence-corrected chi connectivity index (χ3v) is 3.70. The lowest BCUT2D eigenvalue weighted by molar-refractivity contribution is 0.878. The van der Waals surface area contributed by atoms with Crippen LogP contribution in [0, 0.1) is 13.8 Å². The Morgan fingerprint density at radius 1 is 1.05 bits per heavy atom. The van der Waals surface area contributed by atoms with E-state index in [0.29, 0.717) is 6.54 Å². The molecule has 0 fully saturated rings. The molecule has 0 bridgehead atoms. The summed E-state index contributed by atoms with van der Waals surface area (Å²) in [4.78, 5) is 0. The molecule has 0 aliphatic rings. The molecular weight excluding hydrogens is 258 g/mol. The van der Waals surface area contributed by atoms with Gasteiger partial charge in [0.05, 0.1) is 17.6 Å². The van der Waals surface area contributed by atoms with Gasteiger partial charge in [-0.3, -0.25) is 0 Å². The SMILES string of the molecule is Cc1ccc(C)c(-n2ncc(CN)c2-c2ccccc2)c1. The van der Waals surface area contributed by atoms with Gasteiger partial charge in [0.25, 0.3) is 0 Å². The number of aryl methyl sites for hydroxylation is 2. The molecule has 1 aromatic heterocycles. The largest absolute Gasteiger partial charge is 0.326 e. The summed E-state index contributed by atoms with van der Waals surface area (Å²) in [6.45, 7) is 4.68. The molecule has 0 aliphatic carbocycles. The van der Waals surface area contributed by atoms with Crippen molar-refractivity contribution in [3.8, 4) is 16.9 Å². The van der Waals surface area contributed by atoms with E-state index in [9.17, 15) is 0 Å². The monoisotopic (exact) mass is 277 g/mol. The zero-order chi connectivity index (χ0) is 14.8. The Kier molecular flexibility index (Phi) is 3.59. The maximum atomic E-state index is 5.89. The lowest BCUT2D eigenvalue weighted by Crippen LogP contribution is -2.04. The number of hydrogen-bond donors (Lipinski definition) is 1. The fourth-order valence-electron chi connectivity index (χ4n) is 2.57. The average molecular weight is 277 g/mol. The Labute approximate surface area is 125 Å². The van der Waals surface area contributed by atoms with Gasteiger partial charge in [-0.1, -0.05) is 42.5 Å². The van der Waals surface area contributed by atoms with Gasteiger partial charge in [0.1, 0.15) is 0 Å². The van der Waals surface area contributed by atoms with Crippen molar-refractivity contribution in [1.82, 2.24) is 9.78 Å². The predicted molar refractivity (Wildman–Crippen MR) is 86.4 cm³/mol. The van der Waals surface area contributed by atoms with Crippen LogP contribution in [0.2, 0.25) is 0 Å². The summed E-state index contributed by atoms with van der Waals surface area (Å²) in [5, 5.41) is 4.57. The van der Waals surface area contributed by atoms with E-state index >= 15 is 0 Å². The van der Waals surface area contributed by atoms with E-state index in [4.69, 9.17) is 5.73 Å². The van der Waals surface area contributed by atoms with Crippen LogP contribution in [0.5, 0.6) is 0 Å². The zero-order valence-corrected chi connectivity index (χ0v) is 12.4. The standard InChI is InChI=1S/C18H19N3/c1-13-8-9-14(2)17(10-13)21-18(16(11-19)12-20-21)15-6-4-3-5-7-15/h3-10,12H,11,19H2,1-2H3. The summed E-state index contributed by atoms with van der Waals surface area (Å²) in [6.07, 6.45) is 1.87. The van der Waals surface area contributed by atoms with Crippen LogP contribution < -0.4 is 5.73 Å². The first kappa shape index (κ1) is 13.6. The number of nitrogens with two attached hydrogens (primary N) is 1. The maximum absolute atomic E-state index is 5.89. The summed E-state index contributed by atoms with van der Waals surface area (Å²) in [7, 11) is 0. The second kappa shape index (κ2) is 5.54. The summed E-state index contributed by atoms with van der Waals surface area (Å²) < 4.78 is 2.00. The molecule has 21 heavy (non-hydrogen) atoms. The minimum Gasteiger partial charge on any atom is -0.326 e. The van der Waals surface area contributed by atoms with Crippen molar-refractivity contribution in [2.24, 2.45) is 5.73 Å². The van der Waals surface area contributed by atoms with Crippen LogP contribution in [0.15, 0.2) is 54.7 Å². The molecule has 0 radical (unpaired) electrons. The Balaban J connectivity index is 2.25. The molecule has 3 nitrogen and oxygen atoms in total. The van der Waals surface area contributed by atoms with E-state index in [-0.39, 0.29) is 0 Å². The molecule has 3 rings (SSSR count). The predicted octanol–water partition coefficient (Wildman–Crippen LogP) is 3.61. The lowest BCUT2D eigenvalue weighted by atomic mass is 10.1. The van der Waals surface area contributed by atoms with Crippen LogP contribution in [0.4, 0.5) is 0 Å². The third-order valence-electron chi connectivity index (χ3n) is 3.70. The van der Waals surface area contributed by atoms with Crippen LogP contribution in [0.25, 0.3) is 16.9 Å². The highest BCUT2D eigenvalue weighted by atomic mass is 15.3. The molecule has 106 valence electrons. The molecule has 0 saturated heterocycles. The second-order valence-electron chi connectivity index (χ2n) is 5.29. The number of hydrogen-bond acceptors (Lipinski definition) is 2. The molecule has 0 unspecified atom stereocenters. The van der Waals surface area contributed by atoms with Gasteiger partial charge in [0.2, 0.25) is 0 Å². The van der Waals surface area contributed by atoms with Crippen LogP contribution >= 0.6 is 0 Å². The van der Waals surface area contributed by atoms with E-state index in [2.05, 4.69) is 49.3 Å². The van der Waals surface area contributed by atoms with Gasteiger partial charge in [-0.2, -0.15) is 5.10 Å². The molecule has 3 heteroatoms. The molecule has 0 amide bonds. The van der Waals surface area contributed by atoms with Gasteiger partial charge >= 0.3 is 0 Å². The van der Waals surface area contributed by atoms with E-state index in [1.165, 1.54) is 11.1 Å². The summed E-state index contributed by atoms with van der Waals surface area (Å²) in [5.41, 5.74) is 12.7. The van der Waals surface area contributed by atoms with Gasteiger partial charge in [-0.25, -0.2) is 4.68 Å². The highest BCUT2D eigenvalue weighted by molar-refractivity contribution is 5.66. The number of aromatic nitrogens is 2. The molecule has 3 aromatic rings. The topological polar surface area (TPSA) is 43.8 Å². The first-order valence-electron chi connectivity index (χ1n) is 7.10. The minimum absolute atomic E-state index is 0.481. The zero-order valence-electron chi connectivity index (χ0n) is 12.4. The summed E-state index contributed by atoms with van der Waals surface area (Å²) in [6, 6.07) is 16.7. The Bertz CT molecular complexity index is 757. The normalized spacial score (nSPS) is 10.8. The van der Waals surface area contributed by atoms with Gasteiger partial charge in [-0.15, -0.1) is 0 Å². The molecule has 0 spiro atoms. The van der Waals surface area contributed by atoms with E-state index < -0.39 is 0 Å². The van der Waals surface area contributed by atoms with Crippen LogP contribution in [0.3, 0.4) is 0 Å². The van der Waals surface area contributed by atoms with Crippen molar-refractivity contribution in [1.29, 1.82) is 0 Å². The molecule has 0 atom stereocenters. The van der Waals surface area contributed by atoms with Crippen LogP contribution in [-0.4, -0.2) is 9.78 Å². The first-order chi connectivity index (χ1) is 10.2. The van der Waals surface area contributed by atoms with Crippen LogP contribution in [0.1, 0.15) is 16.7 Å². The maximum Gasteiger partial charge on any atom is 0.0785 e. The quantitative estimate of drug-likeness (QED) is 0.794. The van der Waals surface area contributed by atoms with Crippen molar-refractivity contribution in [3.63, 3.8) is 0 Å².